The lowest BCUT2D eigenvalue weighted by Gasteiger charge is -2.21. The van der Waals surface area contributed by atoms with E-state index in [9.17, 15) is 0 Å². The molecule has 0 radical (unpaired) electrons. The van der Waals surface area contributed by atoms with Gasteiger partial charge in [-0.3, -0.25) is 4.68 Å². The van der Waals surface area contributed by atoms with Crippen molar-refractivity contribution < 1.29 is 0 Å². The Balaban J connectivity index is 2.23. The van der Waals surface area contributed by atoms with Crippen molar-refractivity contribution >= 4 is 0 Å². The average Bonchev–Trinajstić information content (AvgIpc) is 2.82. The highest BCUT2D eigenvalue weighted by Gasteiger charge is 2.07. The Morgan fingerprint density at radius 2 is 2.11 bits per heavy atom. The van der Waals surface area contributed by atoms with Gasteiger partial charge >= 0.3 is 0 Å². The zero-order chi connectivity index (χ0) is 13.5. The Hall–Kier alpha value is -0.870. The maximum Gasteiger partial charge on any atom is 0.0537 e. The number of nitrogens with zero attached hydrogens (tertiary/aromatic N) is 3. The predicted molar refractivity (Wildman–Crippen MR) is 76.7 cm³/mol. The van der Waals surface area contributed by atoms with Gasteiger partial charge in [-0.05, 0) is 54.3 Å². The van der Waals surface area contributed by atoms with E-state index in [1.807, 2.05) is 10.9 Å². The molecule has 1 atom stereocenters. The summed E-state index contributed by atoms with van der Waals surface area (Å²) in [5.74, 6) is 0. The minimum atomic E-state index is 0.384. The molecule has 0 aliphatic carbocycles. The van der Waals surface area contributed by atoms with E-state index >= 15 is 0 Å². The molecule has 18 heavy (non-hydrogen) atoms. The van der Waals surface area contributed by atoms with Gasteiger partial charge in [0.2, 0.25) is 0 Å². The second-order valence-corrected chi connectivity index (χ2v) is 5.23. The summed E-state index contributed by atoms with van der Waals surface area (Å²) in [7, 11) is 2.18. The molecule has 1 N–H and O–H groups in total. The van der Waals surface area contributed by atoms with Crippen molar-refractivity contribution in [3.63, 3.8) is 0 Å². The topological polar surface area (TPSA) is 33.1 Å². The summed E-state index contributed by atoms with van der Waals surface area (Å²) in [6.07, 6.45) is 5.26. The monoisotopic (exact) mass is 252 g/mol. The first-order valence-corrected chi connectivity index (χ1v) is 7.00. The van der Waals surface area contributed by atoms with Crippen molar-refractivity contribution in [1.82, 2.24) is 20.0 Å². The van der Waals surface area contributed by atoms with E-state index in [2.05, 4.69) is 56.3 Å². The number of aromatic nitrogens is 2. The Kier molecular flexibility index (Phi) is 6.36. The first kappa shape index (κ1) is 15.2. The molecule has 1 heterocycles. The summed E-state index contributed by atoms with van der Waals surface area (Å²) in [6.45, 7) is 11.9. The number of aryl methyl sites for hydroxylation is 1. The number of nitrogens with one attached hydrogen (secondary N) is 1. The lowest BCUT2D eigenvalue weighted by molar-refractivity contribution is 0.268. The Morgan fingerprint density at radius 3 is 2.67 bits per heavy atom. The summed E-state index contributed by atoms with van der Waals surface area (Å²) in [6, 6.07) is 1.01. The highest BCUT2D eigenvalue weighted by atomic mass is 15.3. The lowest BCUT2D eigenvalue weighted by Crippen LogP contribution is -2.30. The van der Waals surface area contributed by atoms with E-state index in [0.717, 1.165) is 19.6 Å². The molecule has 0 aliphatic rings. The Labute approximate surface area is 111 Å². The molecule has 0 saturated carbocycles. The molecule has 4 heteroatoms. The van der Waals surface area contributed by atoms with Gasteiger partial charge in [-0.15, -0.1) is 0 Å². The third-order valence-corrected chi connectivity index (χ3v) is 3.50. The fourth-order valence-electron chi connectivity index (χ4n) is 1.80. The van der Waals surface area contributed by atoms with Gasteiger partial charge in [-0.2, -0.15) is 5.10 Å². The van der Waals surface area contributed by atoms with Crippen molar-refractivity contribution in [2.45, 2.75) is 52.7 Å². The molecule has 4 nitrogen and oxygen atoms in total. The molecule has 104 valence electrons. The molecule has 1 aromatic rings. The van der Waals surface area contributed by atoms with Gasteiger partial charge in [0.25, 0.3) is 0 Å². The maximum absolute atomic E-state index is 4.30. The normalized spacial score (nSPS) is 13.5. The van der Waals surface area contributed by atoms with Crippen molar-refractivity contribution in [2.24, 2.45) is 0 Å². The van der Waals surface area contributed by atoms with Gasteiger partial charge in [-0.25, -0.2) is 0 Å². The summed E-state index contributed by atoms with van der Waals surface area (Å²) < 4.78 is 1.97. The summed E-state index contributed by atoms with van der Waals surface area (Å²) in [5.41, 5.74) is 1.27. The van der Waals surface area contributed by atoms with Crippen LogP contribution in [0, 0.1) is 0 Å². The molecule has 0 aliphatic heterocycles. The quantitative estimate of drug-likeness (QED) is 0.721. The van der Waals surface area contributed by atoms with E-state index in [4.69, 9.17) is 0 Å². The fourth-order valence-corrected chi connectivity index (χ4v) is 1.80. The third-order valence-electron chi connectivity index (χ3n) is 3.50. The summed E-state index contributed by atoms with van der Waals surface area (Å²) in [5, 5.41) is 7.85. The zero-order valence-corrected chi connectivity index (χ0v) is 12.5. The Morgan fingerprint density at radius 1 is 1.39 bits per heavy atom. The van der Waals surface area contributed by atoms with Gasteiger partial charge < -0.3 is 10.2 Å². The molecule has 1 aromatic heterocycles. The minimum absolute atomic E-state index is 0.384. The van der Waals surface area contributed by atoms with Gasteiger partial charge in [0.05, 0.1) is 6.20 Å². The van der Waals surface area contributed by atoms with Crippen LogP contribution in [-0.4, -0.2) is 40.9 Å². The molecule has 1 rings (SSSR count). The number of hydrogen-bond donors (Lipinski definition) is 1. The SMILES string of the molecule is CCn1cc(C(C)NCCCN(C)C(C)C)cn1. The average molecular weight is 252 g/mol. The van der Waals surface area contributed by atoms with Crippen LogP contribution < -0.4 is 5.32 Å². The van der Waals surface area contributed by atoms with E-state index in [0.29, 0.717) is 12.1 Å². The van der Waals surface area contributed by atoms with E-state index in [1.54, 1.807) is 0 Å². The lowest BCUT2D eigenvalue weighted by atomic mass is 10.2. The highest BCUT2D eigenvalue weighted by Crippen LogP contribution is 2.10. The van der Waals surface area contributed by atoms with Crippen LogP contribution in [0.2, 0.25) is 0 Å². The molecule has 0 amide bonds. The summed E-state index contributed by atoms with van der Waals surface area (Å²) in [4.78, 5) is 2.38. The largest absolute Gasteiger partial charge is 0.310 e. The predicted octanol–water partition coefficient (Wildman–Crippen LogP) is 2.28. The standard InChI is InChI=1S/C14H28N4/c1-6-18-11-14(10-16-18)13(4)15-8-7-9-17(5)12(2)3/h10-13,15H,6-9H2,1-5H3. The molecule has 0 bridgehead atoms. The highest BCUT2D eigenvalue weighted by molar-refractivity contribution is 5.08. The van der Waals surface area contributed by atoms with Crippen LogP contribution in [0.15, 0.2) is 12.4 Å². The van der Waals surface area contributed by atoms with Crippen molar-refractivity contribution in [3.05, 3.63) is 18.0 Å². The first-order chi connectivity index (χ1) is 8.54. The van der Waals surface area contributed by atoms with E-state index < -0.39 is 0 Å². The van der Waals surface area contributed by atoms with Crippen LogP contribution in [0.4, 0.5) is 0 Å². The van der Waals surface area contributed by atoms with Gasteiger partial charge in [0.15, 0.2) is 0 Å². The maximum atomic E-state index is 4.30. The van der Waals surface area contributed by atoms with Crippen molar-refractivity contribution in [3.8, 4) is 0 Å². The van der Waals surface area contributed by atoms with Crippen LogP contribution in [-0.2, 0) is 6.54 Å². The van der Waals surface area contributed by atoms with Gasteiger partial charge in [0.1, 0.15) is 0 Å². The first-order valence-electron chi connectivity index (χ1n) is 7.00. The molecule has 0 spiro atoms. The number of rotatable bonds is 8. The van der Waals surface area contributed by atoms with Gasteiger partial charge in [0, 0.05) is 30.4 Å². The molecular formula is C14H28N4. The third kappa shape index (κ3) is 4.78. The van der Waals surface area contributed by atoms with Crippen molar-refractivity contribution in [1.29, 1.82) is 0 Å². The zero-order valence-electron chi connectivity index (χ0n) is 12.5. The molecule has 0 aromatic carbocycles. The Bertz CT molecular complexity index is 332. The molecular weight excluding hydrogens is 224 g/mol. The smallest absolute Gasteiger partial charge is 0.0537 e. The summed E-state index contributed by atoms with van der Waals surface area (Å²) >= 11 is 0. The van der Waals surface area contributed by atoms with Gasteiger partial charge in [-0.1, -0.05) is 0 Å². The van der Waals surface area contributed by atoms with Crippen LogP contribution in [0.25, 0.3) is 0 Å². The van der Waals surface area contributed by atoms with Crippen LogP contribution in [0.1, 0.15) is 45.7 Å². The van der Waals surface area contributed by atoms with Crippen LogP contribution >= 0.6 is 0 Å². The van der Waals surface area contributed by atoms with Crippen molar-refractivity contribution in [2.75, 3.05) is 20.1 Å². The molecule has 0 saturated heterocycles. The minimum Gasteiger partial charge on any atom is -0.310 e. The van der Waals surface area contributed by atoms with Crippen LogP contribution in [0.5, 0.6) is 0 Å². The van der Waals surface area contributed by atoms with E-state index in [1.165, 1.54) is 12.0 Å². The molecule has 1 unspecified atom stereocenters. The van der Waals surface area contributed by atoms with Crippen LogP contribution in [0.3, 0.4) is 0 Å². The fraction of sp³-hybridized carbons (Fsp3) is 0.786. The second-order valence-electron chi connectivity index (χ2n) is 5.23. The van der Waals surface area contributed by atoms with E-state index in [-0.39, 0.29) is 0 Å². The number of hydrogen-bond acceptors (Lipinski definition) is 3. The second kappa shape index (κ2) is 7.54. The molecule has 0 fully saturated rings.